The fourth-order valence-electron chi connectivity index (χ4n) is 2.29. The highest BCUT2D eigenvalue weighted by Crippen LogP contribution is 2.36. The zero-order valence-electron chi connectivity index (χ0n) is 9.59. The first-order valence-electron chi connectivity index (χ1n) is 5.71. The maximum absolute atomic E-state index is 8.56. The van der Waals surface area contributed by atoms with Crippen LogP contribution >= 0.6 is 0 Å². The maximum atomic E-state index is 8.56. The monoisotopic (exact) mass is 191 g/mol. The molecule has 0 aromatic rings. The van der Waals surface area contributed by atoms with Crippen molar-refractivity contribution in [3.8, 4) is 6.07 Å². The van der Waals surface area contributed by atoms with Crippen molar-refractivity contribution in [2.45, 2.75) is 46.5 Å². The normalized spacial score (nSPS) is 30.6. The van der Waals surface area contributed by atoms with E-state index in [2.05, 4.69) is 32.9 Å². The second-order valence-electron chi connectivity index (χ2n) is 4.83. The lowest BCUT2D eigenvalue weighted by atomic mass is 9.74. The SMILES string of the molecule is CC(C)[C@@H]1CC[C@@H](C)C(=CCC#N)C1. The summed E-state index contributed by atoms with van der Waals surface area (Å²) in [5.74, 6) is 2.34. The molecule has 0 N–H and O–H groups in total. The summed E-state index contributed by atoms with van der Waals surface area (Å²) in [6.45, 7) is 6.91. The minimum absolute atomic E-state index is 0.588. The molecule has 14 heavy (non-hydrogen) atoms. The smallest absolute Gasteiger partial charge is 0.0663 e. The quantitative estimate of drug-likeness (QED) is 0.607. The molecule has 0 saturated heterocycles. The Labute approximate surface area is 87.8 Å². The molecule has 0 aromatic carbocycles. The van der Waals surface area contributed by atoms with Crippen LogP contribution in [0.5, 0.6) is 0 Å². The summed E-state index contributed by atoms with van der Waals surface area (Å²) in [7, 11) is 0. The van der Waals surface area contributed by atoms with Gasteiger partial charge in [0.2, 0.25) is 0 Å². The van der Waals surface area contributed by atoms with Gasteiger partial charge in [0.05, 0.1) is 12.5 Å². The Morgan fingerprint density at radius 2 is 2.21 bits per heavy atom. The largest absolute Gasteiger partial charge is 0.198 e. The van der Waals surface area contributed by atoms with Gasteiger partial charge in [-0.05, 0) is 37.0 Å². The van der Waals surface area contributed by atoms with E-state index in [1.54, 1.807) is 0 Å². The molecule has 0 aliphatic heterocycles. The molecule has 1 aliphatic carbocycles. The first-order chi connectivity index (χ1) is 6.65. The predicted molar refractivity (Wildman–Crippen MR) is 59.7 cm³/mol. The number of hydrogen-bond donors (Lipinski definition) is 0. The first-order valence-corrected chi connectivity index (χ1v) is 5.71. The molecule has 0 unspecified atom stereocenters. The number of allylic oxidation sites excluding steroid dienone is 2. The van der Waals surface area contributed by atoms with Gasteiger partial charge in [0.1, 0.15) is 0 Å². The van der Waals surface area contributed by atoms with Crippen molar-refractivity contribution in [1.82, 2.24) is 0 Å². The van der Waals surface area contributed by atoms with Gasteiger partial charge in [-0.1, -0.05) is 32.4 Å². The van der Waals surface area contributed by atoms with Crippen molar-refractivity contribution < 1.29 is 0 Å². The molecule has 1 nitrogen and oxygen atoms in total. The molecule has 2 atom stereocenters. The molecular formula is C13H21N. The molecule has 0 heterocycles. The molecule has 1 rings (SSSR count). The molecule has 1 heteroatoms. The van der Waals surface area contributed by atoms with Crippen LogP contribution in [0.3, 0.4) is 0 Å². The van der Waals surface area contributed by atoms with E-state index in [0.717, 1.165) is 11.8 Å². The average Bonchev–Trinajstić information content (AvgIpc) is 2.16. The van der Waals surface area contributed by atoms with E-state index in [1.165, 1.54) is 24.8 Å². The maximum Gasteiger partial charge on any atom is 0.0663 e. The molecular weight excluding hydrogens is 170 g/mol. The van der Waals surface area contributed by atoms with Gasteiger partial charge in [-0.2, -0.15) is 5.26 Å². The number of rotatable bonds is 2. The Morgan fingerprint density at radius 1 is 1.50 bits per heavy atom. The van der Waals surface area contributed by atoms with E-state index in [0.29, 0.717) is 12.3 Å². The molecule has 0 radical (unpaired) electrons. The zero-order chi connectivity index (χ0) is 10.6. The van der Waals surface area contributed by atoms with Crippen molar-refractivity contribution in [1.29, 1.82) is 5.26 Å². The van der Waals surface area contributed by atoms with Crippen LogP contribution < -0.4 is 0 Å². The van der Waals surface area contributed by atoms with Gasteiger partial charge < -0.3 is 0 Å². The van der Waals surface area contributed by atoms with Crippen molar-refractivity contribution in [2.75, 3.05) is 0 Å². The van der Waals surface area contributed by atoms with Gasteiger partial charge in [-0.25, -0.2) is 0 Å². The van der Waals surface area contributed by atoms with Gasteiger partial charge in [-0.3, -0.25) is 0 Å². The molecule has 0 amide bonds. The lowest BCUT2D eigenvalue weighted by Crippen LogP contribution is -2.19. The molecule has 1 fully saturated rings. The zero-order valence-corrected chi connectivity index (χ0v) is 9.59. The Hall–Kier alpha value is -0.770. The third-order valence-electron chi connectivity index (χ3n) is 3.50. The first kappa shape index (κ1) is 11.3. The highest BCUT2D eigenvalue weighted by atomic mass is 14.3. The van der Waals surface area contributed by atoms with Crippen LogP contribution in [0.2, 0.25) is 0 Å². The van der Waals surface area contributed by atoms with Crippen molar-refractivity contribution >= 4 is 0 Å². The van der Waals surface area contributed by atoms with Gasteiger partial charge in [0.25, 0.3) is 0 Å². The lowest BCUT2D eigenvalue weighted by molar-refractivity contribution is 0.287. The Balaban J connectivity index is 2.60. The van der Waals surface area contributed by atoms with E-state index in [4.69, 9.17) is 5.26 Å². The summed E-state index contributed by atoms with van der Waals surface area (Å²) in [4.78, 5) is 0. The van der Waals surface area contributed by atoms with Crippen LogP contribution in [0.25, 0.3) is 0 Å². The summed E-state index contributed by atoms with van der Waals surface area (Å²) in [6.07, 6.45) is 6.63. The van der Waals surface area contributed by atoms with Crippen LogP contribution in [-0.2, 0) is 0 Å². The van der Waals surface area contributed by atoms with Gasteiger partial charge in [-0.15, -0.1) is 0 Å². The van der Waals surface area contributed by atoms with Crippen molar-refractivity contribution in [3.63, 3.8) is 0 Å². The summed E-state index contributed by atoms with van der Waals surface area (Å²) < 4.78 is 0. The fraction of sp³-hybridized carbons (Fsp3) is 0.769. The number of nitrogens with zero attached hydrogens (tertiary/aromatic N) is 1. The standard InChI is InChI=1S/C13H21N/c1-10(2)12-7-6-11(3)13(9-12)5-4-8-14/h5,10-12H,4,6-7,9H2,1-3H3/t11-,12-/m1/s1. The van der Waals surface area contributed by atoms with Gasteiger partial charge >= 0.3 is 0 Å². The summed E-state index contributed by atoms with van der Waals surface area (Å²) >= 11 is 0. The summed E-state index contributed by atoms with van der Waals surface area (Å²) in [6, 6.07) is 2.20. The minimum atomic E-state index is 0.588. The van der Waals surface area contributed by atoms with E-state index < -0.39 is 0 Å². The predicted octanol–water partition coefficient (Wildman–Crippen LogP) is 3.92. The Morgan fingerprint density at radius 3 is 2.79 bits per heavy atom. The molecule has 1 aliphatic rings. The molecule has 0 aromatic heterocycles. The van der Waals surface area contributed by atoms with E-state index in [-0.39, 0.29) is 0 Å². The second kappa shape index (κ2) is 5.20. The van der Waals surface area contributed by atoms with Crippen LogP contribution in [-0.4, -0.2) is 0 Å². The molecule has 0 spiro atoms. The third-order valence-corrected chi connectivity index (χ3v) is 3.50. The van der Waals surface area contributed by atoms with Crippen LogP contribution in [0, 0.1) is 29.1 Å². The fourth-order valence-corrected chi connectivity index (χ4v) is 2.29. The van der Waals surface area contributed by atoms with Crippen LogP contribution in [0.1, 0.15) is 46.5 Å². The van der Waals surface area contributed by atoms with Crippen LogP contribution in [0.4, 0.5) is 0 Å². The van der Waals surface area contributed by atoms with E-state index in [9.17, 15) is 0 Å². The Kier molecular flexibility index (Phi) is 4.20. The van der Waals surface area contributed by atoms with E-state index in [1.807, 2.05) is 0 Å². The minimum Gasteiger partial charge on any atom is -0.198 e. The van der Waals surface area contributed by atoms with Crippen molar-refractivity contribution in [3.05, 3.63) is 11.6 Å². The molecule has 1 saturated carbocycles. The van der Waals surface area contributed by atoms with Crippen molar-refractivity contribution in [2.24, 2.45) is 17.8 Å². The number of nitriles is 1. The van der Waals surface area contributed by atoms with Crippen LogP contribution in [0.15, 0.2) is 11.6 Å². The van der Waals surface area contributed by atoms with Gasteiger partial charge in [0, 0.05) is 0 Å². The second-order valence-corrected chi connectivity index (χ2v) is 4.83. The highest BCUT2D eigenvalue weighted by molar-refractivity contribution is 5.12. The van der Waals surface area contributed by atoms with E-state index >= 15 is 0 Å². The molecule has 0 bridgehead atoms. The van der Waals surface area contributed by atoms with Gasteiger partial charge in [0.15, 0.2) is 0 Å². The topological polar surface area (TPSA) is 23.8 Å². The Bertz CT molecular complexity index is 244. The third kappa shape index (κ3) is 2.87. The molecule has 78 valence electrons. The number of hydrogen-bond acceptors (Lipinski definition) is 1. The lowest BCUT2D eigenvalue weighted by Gasteiger charge is -2.31. The summed E-state index contributed by atoms with van der Waals surface area (Å²) in [5.41, 5.74) is 1.52. The average molecular weight is 191 g/mol. The highest BCUT2D eigenvalue weighted by Gasteiger charge is 2.24. The summed E-state index contributed by atoms with van der Waals surface area (Å²) in [5, 5.41) is 8.56.